The van der Waals surface area contributed by atoms with Gasteiger partial charge in [0.2, 0.25) is 5.91 Å². The second kappa shape index (κ2) is 5.64. The summed E-state index contributed by atoms with van der Waals surface area (Å²) >= 11 is 1.29. The number of amides is 1. The van der Waals surface area contributed by atoms with E-state index in [1.165, 1.54) is 23.5 Å². The first-order valence-electron chi connectivity index (χ1n) is 6.86. The maximum atomic E-state index is 13.6. The molecule has 2 N–H and O–H groups in total. The van der Waals surface area contributed by atoms with Crippen LogP contribution in [0.2, 0.25) is 0 Å². The van der Waals surface area contributed by atoms with E-state index in [0.717, 1.165) is 6.92 Å². The van der Waals surface area contributed by atoms with Crippen molar-refractivity contribution in [3.63, 3.8) is 0 Å². The van der Waals surface area contributed by atoms with Gasteiger partial charge in [-0.25, -0.2) is 0 Å². The third-order valence-corrected chi connectivity index (χ3v) is 4.18. The Kier molecular flexibility index (Phi) is 3.89. The van der Waals surface area contributed by atoms with Gasteiger partial charge in [-0.1, -0.05) is 18.2 Å². The molecule has 1 amide bonds. The fourth-order valence-corrected chi connectivity index (χ4v) is 3.15. The van der Waals surface area contributed by atoms with Crippen molar-refractivity contribution < 1.29 is 27.8 Å². The first-order valence-corrected chi connectivity index (χ1v) is 7.81. The lowest BCUT2D eigenvalue weighted by Gasteiger charge is -2.38. The second-order valence-corrected chi connectivity index (χ2v) is 5.96. The van der Waals surface area contributed by atoms with Gasteiger partial charge < -0.3 is 15.2 Å². The molecule has 1 aliphatic rings. The van der Waals surface area contributed by atoms with Crippen LogP contribution in [-0.4, -0.2) is 23.0 Å². The zero-order chi connectivity index (χ0) is 17.5. The number of hydrogen-bond acceptors (Lipinski definition) is 4. The Morgan fingerprint density at radius 3 is 2.58 bits per heavy atom. The summed E-state index contributed by atoms with van der Waals surface area (Å²) in [6.45, 7) is 1.07. The Balaban J connectivity index is 2.37. The topological polar surface area (TPSA) is 58.6 Å². The van der Waals surface area contributed by atoms with Crippen molar-refractivity contribution in [3.8, 4) is 5.75 Å². The number of benzene rings is 1. The van der Waals surface area contributed by atoms with Crippen molar-refractivity contribution in [2.45, 2.75) is 18.9 Å². The monoisotopic (exact) mass is 355 g/mol. The quantitative estimate of drug-likeness (QED) is 0.869. The molecule has 0 saturated carbocycles. The van der Waals surface area contributed by atoms with Gasteiger partial charge in [0.05, 0.1) is 0 Å². The Morgan fingerprint density at radius 2 is 2.00 bits per heavy atom. The summed E-state index contributed by atoms with van der Waals surface area (Å²) in [7, 11) is 0. The zero-order valence-corrected chi connectivity index (χ0v) is 13.2. The second-order valence-electron chi connectivity index (χ2n) is 5.18. The number of hydrogen-bond donors (Lipinski definition) is 2. The number of aliphatic hydroxyl groups is 1. The van der Waals surface area contributed by atoms with E-state index in [1.54, 1.807) is 29.0 Å². The van der Waals surface area contributed by atoms with Crippen LogP contribution in [0.25, 0.3) is 5.57 Å². The average Bonchev–Trinajstić information content (AvgIpc) is 3.00. The first-order chi connectivity index (χ1) is 11.2. The summed E-state index contributed by atoms with van der Waals surface area (Å²) < 4.78 is 45.6. The zero-order valence-electron chi connectivity index (χ0n) is 12.3. The highest BCUT2D eigenvalue weighted by Gasteiger charge is 2.62. The van der Waals surface area contributed by atoms with Crippen LogP contribution in [0.15, 0.2) is 46.8 Å². The lowest BCUT2D eigenvalue weighted by atomic mass is 9.91. The van der Waals surface area contributed by atoms with Gasteiger partial charge in [-0.2, -0.15) is 24.5 Å². The summed E-state index contributed by atoms with van der Waals surface area (Å²) in [4.78, 5) is 11.5. The summed E-state index contributed by atoms with van der Waals surface area (Å²) in [6, 6.07) is 7.66. The van der Waals surface area contributed by atoms with E-state index in [9.17, 15) is 23.1 Å². The van der Waals surface area contributed by atoms with Crippen molar-refractivity contribution in [2.75, 3.05) is 0 Å². The standard InChI is InChI=1S/C16H12F3NO3S/c1-9(21)20-14-13(10-6-7-24-8-10)11-4-2-3-5-12(11)23-15(14,22)16(17,18)19/h2-8,22H,1H3,(H,20,21). The fourth-order valence-electron chi connectivity index (χ4n) is 2.51. The third kappa shape index (κ3) is 2.57. The molecule has 1 aromatic heterocycles. The number of carbonyl (C=O) groups is 1. The van der Waals surface area contributed by atoms with Crippen molar-refractivity contribution in [1.29, 1.82) is 0 Å². The van der Waals surface area contributed by atoms with E-state index in [0.29, 0.717) is 11.1 Å². The van der Waals surface area contributed by atoms with Gasteiger partial charge >= 0.3 is 12.0 Å². The van der Waals surface area contributed by atoms with E-state index in [1.807, 2.05) is 0 Å². The molecule has 1 atom stereocenters. The summed E-state index contributed by atoms with van der Waals surface area (Å²) in [5.74, 6) is -4.51. The van der Waals surface area contributed by atoms with Crippen LogP contribution >= 0.6 is 11.3 Å². The molecule has 126 valence electrons. The van der Waals surface area contributed by atoms with Gasteiger partial charge in [-0.05, 0) is 28.5 Å². The number of halogens is 3. The van der Waals surface area contributed by atoms with E-state index < -0.39 is 23.6 Å². The van der Waals surface area contributed by atoms with E-state index in [4.69, 9.17) is 4.74 Å². The molecular weight excluding hydrogens is 343 g/mol. The molecule has 0 saturated heterocycles. The van der Waals surface area contributed by atoms with Crippen LogP contribution in [0, 0.1) is 0 Å². The molecule has 0 aliphatic carbocycles. The number of rotatable bonds is 2. The van der Waals surface area contributed by atoms with Crippen LogP contribution in [0.1, 0.15) is 18.1 Å². The Labute approximate surface area is 139 Å². The summed E-state index contributed by atoms with van der Waals surface area (Å²) in [5.41, 5.74) is 0.142. The van der Waals surface area contributed by atoms with Crippen LogP contribution in [-0.2, 0) is 4.79 Å². The van der Waals surface area contributed by atoms with Gasteiger partial charge in [0.1, 0.15) is 11.4 Å². The molecule has 1 unspecified atom stereocenters. The number of fused-ring (bicyclic) bond motifs is 1. The highest BCUT2D eigenvalue weighted by molar-refractivity contribution is 7.08. The van der Waals surface area contributed by atoms with Gasteiger partial charge in [0.25, 0.3) is 0 Å². The van der Waals surface area contributed by atoms with E-state index in [2.05, 4.69) is 5.32 Å². The number of nitrogens with one attached hydrogen (secondary N) is 1. The minimum atomic E-state index is -5.15. The molecule has 24 heavy (non-hydrogen) atoms. The molecule has 8 heteroatoms. The van der Waals surface area contributed by atoms with Crippen LogP contribution in [0.4, 0.5) is 13.2 Å². The van der Waals surface area contributed by atoms with Crippen molar-refractivity contribution in [3.05, 3.63) is 57.9 Å². The molecule has 1 aliphatic heterocycles. The minimum absolute atomic E-state index is 0.0770. The summed E-state index contributed by atoms with van der Waals surface area (Å²) in [6.07, 6.45) is -5.15. The number of carbonyl (C=O) groups excluding carboxylic acids is 1. The number of ether oxygens (including phenoxy) is 1. The number of para-hydroxylation sites is 1. The molecule has 0 bridgehead atoms. The van der Waals surface area contributed by atoms with Gasteiger partial charge in [0.15, 0.2) is 0 Å². The molecule has 2 heterocycles. The fraction of sp³-hybridized carbons (Fsp3) is 0.188. The van der Waals surface area contributed by atoms with Gasteiger partial charge in [-0.15, -0.1) is 0 Å². The van der Waals surface area contributed by atoms with E-state index >= 15 is 0 Å². The van der Waals surface area contributed by atoms with E-state index in [-0.39, 0.29) is 11.3 Å². The molecule has 1 aromatic carbocycles. The molecule has 4 nitrogen and oxygen atoms in total. The maximum absolute atomic E-state index is 13.6. The van der Waals surface area contributed by atoms with Crippen molar-refractivity contribution >= 4 is 22.8 Å². The van der Waals surface area contributed by atoms with Crippen LogP contribution in [0.3, 0.4) is 0 Å². The molecular formula is C16H12F3NO3S. The van der Waals surface area contributed by atoms with Crippen molar-refractivity contribution in [1.82, 2.24) is 5.32 Å². The average molecular weight is 355 g/mol. The lowest BCUT2D eigenvalue weighted by Crippen LogP contribution is -2.57. The predicted molar refractivity (Wildman–Crippen MR) is 82.2 cm³/mol. The molecule has 0 spiro atoms. The number of thiophene rings is 1. The largest absolute Gasteiger partial charge is 0.462 e. The van der Waals surface area contributed by atoms with Crippen molar-refractivity contribution in [2.24, 2.45) is 0 Å². The van der Waals surface area contributed by atoms with Crippen LogP contribution < -0.4 is 10.1 Å². The lowest BCUT2D eigenvalue weighted by molar-refractivity contribution is -0.318. The highest BCUT2D eigenvalue weighted by Crippen LogP contribution is 2.48. The number of alkyl halides is 3. The highest BCUT2D eigenvalue weighted by atomic mass is 32.1. The molecule has 3 rings (SSSR count). The molecule has 0 radical (unpaired) electrons. The Bertz CT molecular complexity index is 814. The van der Waals surface area contributed by atoms with Gasteiger partial charge in [0, 0.05) is 18.1 Å². The SMILES string of the molecule is CC(=O)NC1=C(c2ccsc2)c2ccccc2OC1(O)C(F)(F)F. The van der Waals surface area contributed by atoms with Gasteiger partial charge in [-0.3, -0.25) is 4.79 Å². The summed E-state index contributed by atoms with van der Waals surface area (Å²) in [5, 5.41) is 15.8. The Hall–Kier alpha value is -2.32. The maximum Gasteiger partial charge on any atom is 0.462 e. The first kappa shape index (κ1) is 16.5. The third-order valence-electron chi connectivity index (χ3n) is 3.50. The molecule has 0 fully saturated rings. The smallest absolute Gasteiger partial charge is 0.448 e. The predicted octanol–water partition coefficient (Wildman–Crippen LogP) is 3.29. The van der Waals surface area contributed by atoms with Crippen LogP contribution in [0.5, 0.6) is 5.75 Å². The normalized spacial score (nSPS) is 20.4. The Morgan fingerprint density at radius 1 is 1.29 bits per heavy atom. The minimum Gasteiger partial charge on any atom is -0.448 e. The molecule has 2 aromatic rings.